The van der Waals surface area contributed by atoms with Crippen LogP contribution in [0.2, 0.25) is 0 Å². The first kappa shape index (κ1) is 14.1. The molecule has 0 bridgehead atoms. The summed E-state index contributed by atoms with van der Waals surface area (Å²) >= 11 is 0. The third kappa shape index (κ3) is 3.35. The Morgan fingerprint density at radius 1 is 1.58 bits per heavy atom. The van der Waals surface area contributed by atoms with Crippen molar-refractivity contribution in [3.8, 4) is 0 Å². The van der Waals surface area contributed by atoms with Crippen LogP contribution in [0.15, 0.2) is 6.07 Å². The molecule has 5 heteroatoms. The molecule has 0 radical (unpaired) electrons. The molecule has 0 aliphatic heterocycles. The maximum absolute atomic E-state index is 12.0. The molecule has 1 saturated carbocycles. The van der Waals surface area contributed by atoms with E-state index in [1.54, 1.807) is 0 Å². The fourth-order valence-electron chi connectivity index (χ4n) is 2.26. The van der Waals surface area contributed by atoms with Gasteiger partial charge in [-0.2, -0.15) is 5.10 Å². The van der Waals surface area contributed by atoms with Gasteiger partial charge in [0.25, 0.3) is 5.91 Å². The number of carbonyl (C=O) groups is 1. The van der Waals surface area contributed by atoms with E-state index in [0.717, 1.165) is 5.69 Å². The lowest BCUT2D eigenvalue weighted by Crippen LogP contribution is -2.38. The van der Waals surface area contributed by atoms with Crippen molar-refractivity contribution in [1.29, 1.82) is 0 Å². The first-order chi connectivity index (χ1) is 8.79. The Hall–Kier alpha value is -1.36. The summed E-state index contributed by atoms with van der Waals surface area (Å²) < 4.78 is 1.88. The molecular weight excluding hydrogens is 240 g/mol. The average Bonchev–Trinajstić information content (AvgIpc) is 3.07. The highest BCUT2D eigenvalue weighted by molar-refractivity contribution is 5.92. The molecule has 5 nitrogen and oxygen atoms in total. The summed E-state index contributed by atoms with van der Waals surface area (Å²) in [6, 6.07) is 1.90. The van der Waals surface area contributed by atoms with Gasteiger partial charge in [0, 0.05) is 18.3 Å². The number of carbonyl (C=O) groups excluding carboxylic acids is 1. The standard InChI is InChI=1S/C14H24N4O/c1-9-7-12(17-18(9)14(2,3)4)13(19)16-8-11(15)10-5-6-10/h7,10-11H,5-6,8,15H2,1-4H3,(H,16,19). The molecule has 1 aromatic heterocycles. The average molecular weight is 264 g/mol. The van der Waals surface area contributed by atoms with Crippen LogP contribution in [0.3, 0.4) is 0 Å². The molecule has 1 aromatic rings. The zero-order valence-corrected chi connectivity index (χ0v) is 12.2. The summed E-state index contributed by atoms with van der Waals surface area (Å²) in [6.45, 7) is 8.70. The molecule has 106 valence electrons. The molecule has 19 heavy (non-hydrogen) atoms. The van der Waals surface area contributed by atoms with Crippen molar-refractivity contribution in [3.63, 3.8) is 0 Å². The molecule has 0 aromatic carbocycles. The van der Waals surface area contributed by atoms with Crippen LogP contribution < -0.4 is 11.1 Å². The third-order valence-corrected chi connectivity index (χ3v) is 3.48. The number of nitrogens with zero attached hydrogens (tertiary/aromatic N) is 2. The highest BCUT2D eigenvalue weighted by atomic mass is 16.1. The highest BCUT2D eigenvalue weighted by Gasteiger charge is 2.29. The normalized spacial score (nSPS) is 17.3. The lowest BCUT2D eigenvalue weighted by Gasteiger charge is -2.21. The largest absolute Gasteiger partial charge is 0.349 e. The molecule has 1 aliphatic carbocycles. The summed E-state index contributed by atoms with van der Waals surface area (Å²) in [5.41, 5.74) is 7.31. The minimum Gasteiger partial charge on any atom is -0.349 e. The fourth-order valence-corrected chi connectivity index (χ4v) is 2.26. The van der Waals surface area contributed by atoms with Gasteiger partial charge in [0.2, 0.25) is 0 Å². The first-order valence-electron chi connectivity index (χ1n) is 6.90. The van der Waals surface area contributed by atoms with Gasteiger partial charge in [0.05, 0.1) is 5.54 Å². The number of rotatable bonds is 4. The molecule has 1 atom stereocenters. The Morgan fingerprint density at radius 2 is 2.21 bits per heavy atom. The molecule has 1 heterocycles. The fraction of sp³-hybridized carbons (Fsp3) is 0.714. The van der Waals surface area contributed by atoms with Crippen molar-refractivity contribution < 1.29 is 4.79 Å². The first-order valence-corrected chi connectivity index (χ1v) is 6.90. The topological polar surface area (TPSA) is 72.9 Å². The van der Waals surface area contributed by atoms with E-state index in [1.165, 1.54) is 12.8 Å². The molecule has 3 N–H and O–H groups in total. The van der Waals surface area contributed by atoms with Crippen LogP contribution in [0.1, 0.15) is 49.8 Å². The molecule has 0 spiro atoms. The molecule has 1 fully saturated rings. The zero-order chi connectivity index (χ0) is 14.2. The van der Waals surface area contributed by atoms with Gasteiger partial charge >= 0.3 is 0 Å². The second kappa shape index (κ2) is 4.96. The monoisotopic (exact) mass is 264 g/mol. The second-order valence-electron chi connectivity index (χ2n) is 6.46. The lowest BCUT2D eigenvalue weighted by atomic mass is 10.1. The lowest BCUT2D eigenvalue weighted by molar-refractivity contribution is 0.0943. The van der Waals surface area contributed by atoms with Gasteiger partial charge in [-0.05, 0) is 52.5 Å². The van der Waals surface area contributed by atoms with E-state index >= 15 is 0 Å². The Labute approximate surface area is 114 Å². The Morgan fingerprint density at radius 3 is 2.68 bits per heavy atom. The van der Waals surface area contributed by atoms with Crippen LogP contribution in [0.25, 0.3) is 0 Å². The quantitative estimate of drug-likeness (QED) is 0.863. The van der Waals surface area contributed by atoms with Crippen molar-refractivity contribution in [2.24, 2.45) is 11.7 Å². The summed E-state index contributed by atoms with van der Waals surface area (Å²) in [5, 5.41) is 7.26. The number of hydrogen-bond acceptors (Lipinski definition) is 3. The molecular formula is C14H24N4O. The third-order valence-electron chi connectivity index (χ3n) is 3.48. The van der Waals surface area contributed by atoms with E-state index < -0.39 is 0 Å². The predicted molar refractivity (Wildman–Crippen MR) is 75.0 cm³/mol. The summed E-state index contributed by atoms with van der Waals surface area (Å²) in [6.07, 6.45) is 2.38. The van der Waals surface area contributed by atoms with Crippen molar-refractivity contribution in [2.75, 3.05) is 6.54 Å². The van der Waals surface area contributed by atoms with Crippen LogP contribution in [0, 0.1) is 12.8 Å². The number of amides is 1. The molecule has 1 amide bonds. The van der Waals surface area contributed by atoms with Gasteiger partial charge in [-0.25, -0.2) is 0 Å². The summed E-state index contributed by atoms with van der Waals surface area (Å²) in [5.74, 6) is 0.455. The Bertz CT molecular complexity index is 468. The van der Waals surface area contributed by atoms with E-state index in [1.807, 2.05) is 17.7 Å². The van der Waals surface area contributed by atoms with Crippen LogP contribution in [0.4, 0.5) is 0 Å². The number of aryl methyl sites for hydroxylation is 1. The smallest absolute Gasteiger partial charge is 0.271 e. The maximum atomic E-state index is 12.0. The van der Waals surface area contributed by atoms with Gasteiger partial charge in [0.1, 0.15) is 5.69 Å². The van der Waals surface area contributed by atoms with Gasteiger partial charge in [0.15, 0.2) is 0 Å². The zero-order valence-electron chi connectivity index (χ0n) is 12.2. The van der Waals surface area contributed by atoms with Crippen LogP contribution in [-0.2, 0) is 5.54 Å². The van der Waals surface area contributed by atoms with E-state index in [9.17, 15) is 4.79 Å². The summed E-state index contributed by atoms with van der Waals surface area (Å²) in [7, 11) is 0. The van der Waals surface area contributed by atoms with E-state index in [-0.39, 0.29) is 17.5 Å². The molecule has 1 aliphatic rings. The molecule has 2 rings (SSSR count). The van der Waals surface area contributed by atoms with E-state index in [2.05, 4.69) is 31.2 Å². The van der Waals surface area contributed by atoms with E-state index in [0.29, 0.717) is 18.2 Å². The van der Waals surface area contributed by atoms with Crippen molar-refractivity contribution >= 4 is 5.91 Å². The van der Waals surface area contributed by atoms with Gasteiger partial charge in [-0.3, -0.25) is 9.48 Å². The second-order valence-corrected chi connectivity index (χ2v) is 6.46. The number of nitrogens with two attached hydrogens (primary N) is 1. The Kier molecular flexibility index (Phi) is 3.67. The minimum absolute atomic E-state index is 0.0785. The minimum atomic E-state index is -0.137. The van der Waals surface area contributed by atoms with Crippen LogP contribution >= 0.6 is 0 Å². The van der Waals surface area contributed by atoms with Crippen molar-refractivity contribution in [3.05, 3.63) is 17.5 Å². The van der Waals surface area contributed by atoms with Crippen LogP contribution in [-0.4, -0.2) is 28.3 Å². The SMILES string of the molecule is Cc1cc(C(=O)NCC(N)C2CC2)nn1C(C)(C)C. The highest BCUT2D eigenvalue weighted by Crippen LogP contribution is 2.31. The van der Waals surface area contributed by atoms with Gasteiger partial charge in [-0.15, -0.1) is 0 Å². The number of nitrogens with one attached hydrogen (secondary N) is 1. The van der Waals surface area contributed by atoms with Crippen LogP contribution in [0.5, 0.6) is 0 Å². The maximum Gasteiger partial charge on any atom is 0.271 e. The van der Waals surface area contributed by atoms with Gasteiger partial charge < -0.3 is 11.1 Å². The van der Waals surface area contributed by atoms with Gasteiger partial charge in [-0.1, -0.05) is 0 Å². The number of hydrogen-bond donors (Lipinski definition) is 2. The molecule has 0 saturated heterocycles. The Balaban J connectivity index is 1.99. The number of aromatic nitrogens is 2. The molecule has 1 unspecified atom stereocenters. The summed E-state index contributed by atoms with van der Waals surface area (Å²) in [4.78, 5) is 12.0. The van der Waals surface area contributed by atoms with Crippen molar-refractivity contribution in [2.45, 2.75) is 52.1 Å². The van der Waals surface area contributed by atoms with Crippen molar-refractivity contribution in [1.82, 2.24) is 15.1 Å². The van der Waals surface area contributed by atoms with E-state index in [4.69, 9.17) is 5.73 Å². The predicted octanol–water partition coefficient (Wildman–Crippen LogP) is 1.41.